The summed E-state index contributed by atoms with van der Waals surface area (Å²) in [6.07, 6.45) is 5.39. The van der Waals surface area contributed by atoms with Crippen LogP contribution in [0.25, 0.3) is 0 Å². The van der Waals surface area contributed by atoms with Crippen molar-refractivity contribution < 1.29 is 13.2 Å². The number of amides is 1. The third kappa shape index (κ3) is 5.93. The summed E-state index contributed by atoms with van der Waals surface area (Å²) in [6, 6.07) is 1.87. The number of nitrogens with one attached hydrogen (secondary N) is 1. The minimum atomic E-state index is -3.38. The fraction of sp³-hybridized carbons (Fsp3) is 0.688. The Bertz CT molecular complexity index is 674. The van der Waals surface area contributed by atoms with Gasteiger partial charge in [0.05, 0.1) is 18.8 Å². The highest BCUT2D eigenvalue weighted by molar-refractivity contribution is 7.89. The van der Waals surface area contributed by atoms with Crippen molar-refractivity contribution in [1.29, 1.82) is 0 Å². The Morgan fingerprint density at radius 2 is 2.08 bits per heavy atom. The van der Waals surface area contributed by atoms with Crippen LogP contribution in [0.15, 0.2) is 12.3 Å². The van der Waals surface area contributed by atoms with Gasteiger partial charge in [-0.2, -0.15) is 4.31 Å². The molecule has 1 aliphatic rings. The molecule has 0 aliphatic carbocycles. The van der Waals surface area contributed by atoms with Gasteiger partial charge in [0.25, 0.3) is 0 Å². The van der Waals surface area contributed by atoms with E-state index < -0.39 is 10.0 Å². The van der Waals surface area contributed by atoms with E-state index in [1.165, 1.54) is 7.05 Å². The molecule has 0 saturated carbocycles. The van der Waals surface area contributed by atoms with E-state index in [1.54, 1.807) is 6.20 Å². The predicted molar refractivity (Wildman–Crippen MR) is 96.7 cm³/mol. The van der Waals surface area contributed by atoms with Crippen molar-refractivity contribution in [2.24, 2.45) is 0 Å². The summed E-state index contributed by atoms with van der Waals surface area (Å²) in [5, 5.41) is 2.69. The topological polar surface area (TPSA) is 95.5 Å². The number of carbonyl (C=O) groups is 1. The van der Waals surface area contributed by atoms with E-state index in [4.69, 9.17) is 0 Å². The molecule has 0 bridgehead atoms. The van der Waals surface area contributed by atoms with Crippen molar-refractivity contribution in [2.45, 2.75) is 39.2 Å². The number of hydrogen-bond acceptors (Lipinski definition) is 6. The van der Waals surface area contributed by atoms with Gasteiger partial charge in [0.1, 0.15) is 11.6 Å². The van der Waals surface area contributed by atoms with Gasteiger partial charge >= 0.3 is 0 Å². The molecule has 0 aromatic carbocycles. The van der Waals surface area contributed by atoms with Gasteiger partial charge in [0.2, 0.25) is 15.9 Å². The van der Waals surface area contributed by atoms with Crippen LogP contribution in [0.1, 0.15) is 38.4 Å². The van der Waals surface area contributed by atoms with Crippen molar-refractivity contribution in [3.8, 4) is 0 Å². The molecule has 1 saturated heterocycles. The lowest BCUT2D eigenvalue weighted by atomic mass is 10.4. The Labute approximate surface area is 149 Å². The fourth-order valence-electron chi connectivity index (χ4n) is 2.61. The zero-order chi connectivity index (χ0) is 18.3. The number of rotatable bonds is 9. The van der Waals surface area contributed by atoms with Crippen LogP contribution in [0.5, 0.6) is 0 Å². The molecule has 1 aromatic rings. The maximum absolute atomic E-state index is 12.0. The van der Waals surface area contributed by atoms with Crippen LogP contribution in [0.3, 0.4) is 0 Å². The normalized spacial score (nSPS) is 14.9. The predicted octanol–water partition coefficient (Wildman–Crippen LogP) is 0.755. The van der Waals surface area contributed by atoms with E-state index in [0.717, 1.165) is 42.5 Å². The zero-order valence-electron chi connectivity index (χ0n) is 14.9. The van der Waals surface area contributed by atoms with Crippen molar-refractivity contribution in [3.05, 3.63) is 18.1 Å². The highest BCUT2D eigenvalue weighted by atomic mass is 32.2. The van der Waals surface area contributed by atoms with Crippen LogP contribution in [-0.2, 0) is 21.4 Å². The Morgan fingerprint density at radius 1 is 1.36 bits per heavy atom. The first kappa shape index (κ1) is 19.6. The third-order valence-electron chi connectivity index (χ3n) is 4.16. The average molecular weight is 369 g/mol. The molecule has 0 radical (unpaired) electrons. The maximum Gasteiger partial charge on any atom is 0.235 e. The number of anilines is 1. The fourth-order valence-corrected chi connectivity index (χ4v) is 3.89. The first-order valence-corrected chi connectivity index (χ1v) is 10.3. The second-order valence-corrected chi connectivity index (χ2v) is 8.42. The SMILES string of the molecule is CCCCS(=O)(=O)N(C)CC(=O)NCc1nccc(N2CCCC2)n1. The molecule has 0 spiro atoms. The monoisotopic (exact) mass is 369 g/mol. The van der Waals surface area contributed by atoms with Crippen LogP contribution in [-0.4, -0.2) is 61.0 Å². The molecular weight excluding hydrogens is 342 g/mol. The van der Waals surface area contributed by atoms with E-state index in [0.29, 0.717) is 12.2 Å². The summed E-state index contributed by atoms with van der Waals surface area (Å²) in [5.74, 6) is 1.09. The molecule has 0 unspecified atom stereocenters. The second-order valence-electron chi connectivity index (χ2n) is 6.23. The largest absolute Gasteiger partial charge is 0.357 e. The third-order valence-corrected chi connectivity index (χ3v) is 6.04. The van der Waals surface area contributed by atoms with Gasteiger partial charge in [-0.25, -0.2) is 18.4 Å². The minimum Gasteiger partial charge on any atom is -0.357 e. The molecule has 2 rings (SSSR count). The molecule has 25 heavy (non-hydrogen) atoms. The second kappa shape index (κ2) is 9.10. The lowest BCUT2D eigenvalue weighted by Gasteiger charge is -2.17. The molecule has 1 fully saturated rings. The van der Waals surface area contributed by atoms with Gasteiger partial charge in [-0.1, -0.05) is 13.3 Å². The average Bonchev–Trinajstić information content (AvgIpc) is 3.13. The lowest BCUT2D eigenvalue weighted by molar-refractivity contribution is -0.121. The summed E-state index contributed by atoms with van der Waals surface area (Å²) in [7, 11) is -1.96. The molecule has 1 aliphatic heterocycles. The maximum atomic E-state index is 12.0. The van der Waals surface area contributed by atoms with Crippen molar-refractivity contribution in [3.63, 3.8) is 0 Å². The summed E-state index contributed by atoms with van der Waals surface area (Å²) >= 11 is 0. The highest BCUT2D eigenvalue weighted by Gasteiger charge is 2.20. The molecule has 1 N–H and O–H groups in total. The van der Waals surface area contributed by atoms with Crippen molar-refractivity contribution in [1.82, 2.24) is 19.6 Å². The summed E-state index contributed by atoms with van der Waals surface area (Å²) in [6.45, 7) is 3.90. The summed E-state index contributed by atoms with van der Waals surface area (Å²) < 4.78 is 25.1. The van der Waals surface area contributed by atoms with E-state index in [1.807, 2.05) is 13.0 Å². The zero-order valence-corrected chi connectivity index (χ0v) is 15.8. The van der Waals surface area contributed by atoms with Gasteiger partial charge in [-0.05, 0) is 25.3 Å². The molecule has 140 valence electrons. The van der Waals surface area contributed by atoms with E-state index in [9.17, 15) is 13.2 Å². The van der Waals surface area contributed by atoms with Gasteiger partial charge in [0, 0.05) is 26.3 Å². The van der Waals surface area contributed by atoms with Gasteiger partial charge in [-0.3, -0.25) is 4.79 Å². The number of aromatic nitrogens is 2. The first-order valence-electron chi connectivity index (χ1n) is 8.70. The smallest absolute Gasteiger partial charge is 0.235 e. The van der Waals surface area contributed by atoms with Crippen molar-refractivity contribution in [2.75, 3.05) is 37.3 Å². The van der Waals surface area contributed by atoms with Crippen molar-refractivity contribution >= 4 is 21.7 Å². The van der Waals surface area contributed by atoms with Gasteiger partial charge < -0.3 is 10.2 Å². The quantitative estimate of drug-likeness (QED) is 0.690. The number of carbonyl (C=O) groups excluding carboxylic acids is 1. The number of likely N-dealkylation sites (N-methyl/N-ethyl adjacent to an activating group) is 1. The molecule has 0 atom stereocenters. The first-order chi connectivity index (χ1) is 11.9. The van der Waals surface area contributed by atoms with Crippen LogP contribution in [0.4, 0.5) is 5.82 Å². The van der Waals surface area contributed by atoms with Crippen LogP contribution >= 0.6 is 0 Å². The van der Waals surface area contributed by atoms with E-state index >= 15 is 0 Å². The summed E-state index contributed by atoms with van der Waals surface area (Å²) in [4.78, 5) is 22.8. The van der Waals surface area contributed by atoms with Gasteiger partial charge in [0.15, 0.2) is 0 Å². The van der Waals surface area contributed by atoms with Crippen LogP contribution in [0, 0.1) is 0 Å². The number of hydrogen-bond donors (Lipinski definition) is 1. The number of unbranched alkanes of at least 4 members (excludes halogenated alkanes) is 1. The Morgan fingerprint density at radius 3 is 2.76 bits per heavy atom. The number of sulfonamides is 1. The Kier molecular flexibility index (Phi) is 7.12. The summed E-state index contributed by atoms with van der Waals surface area (Å²) in [5.41, 5.74) is 0. The van der Waals surface area contributed by atoms with Gasteiger partial charge in [-0.15, -0.1) is 0 Å². The Balaban J connectivity index is 1.84. The molecule has 1 aromatic heterocycles. The molecule has 8 nitrogen and oxygen atoms in total. The highest BCUT2D eigenvalue weighted by Crippen LogP contribution is 2.16. The van der Waals surface area contributed by atoms with E-state index in [-0.39, 0.29) is 24.7 Å². The lowest BCUT2D eigenvalue weighted by Crippen LogP contribution is -2.39. The van der Waals surface area contributed by atoms with Crippen LogP contribution < -0.4 is 10.2 Å². The molecule has 9 heteroatoms. The standard InChI is InChI=1S/C16H27N5O3S/c1-3-4-11-25(23,24)20(2)13-16(22)18-12-14-17-8-7-15(19-14)21-9-5-6-10-21/h7-8H,3-6,9-13H2,1-2H3,(H,18,22). The van der Waals surface area contributed by atoms with Crippen LogP contribution in [0.2, 0.25) is 0 Å². The number of nitrogens with zero attached hydrogens (tertiary/aromatic N) is 4. The molecule has 1 amide bonds. The molecular formula is C16H27N5O3S. The Hall–Kier alpha value is -1.74. The molecule has 2 heterocycles. The minimum absolute atomic E-state index is 0.0638. The van der Waals surface area contributed by atoms with E-state index in [2.05, 4.69) is 20.2 Å².